The van der Waals surface area contributed by atoms with Crippen molar-refractivity contribution in [3.05, 3.63) is 24.5 Å². The lowest BCUT2D eigenvalue weighted by Gasteiger charge is -2.37. The molecule has 0 amide bonds. The summed E-state index contributed by atoms with van der Waals surface area (Å²) in [6, 6.07) is 5.65. The Labute approximate surface area is 129 Å². The van der Waals surface area contributed by atoms with Gasteiger partial charge >= 0.3 is 0 Å². The molecule has 1 aromatic heterocycles. The maximum atomic E-state index is 4.11. The normalized spacial score (nSPS) is 23.2. The molecule has 0 spiro atoms. The van der Waals surface area contributed by atoms with Crippen molar-refractivity contribution < 1.29 is 0 Å². The molecule has 0 bridgehead atoms. The quantitative estimate of drug-likeness (QED) is 0.917. The van der Waals surface area contributed by atoms with Crippen LogP contribution in [0.2, 0.25) is 0 Å². The van der Waals surface area contributed by atoms with Gasteiger partial charge in [0, 0.05) is 43.3 Å². The number of anilines is 1. The summed E-state index contributed by atoms with van der Waals surface area (Å²) in [5, 5.41) is 3.92. The molecular weight excluding hydrogens is 258 g/mol. The first-order valence-corrected chi connectivity index (χ1v) is 8.74. The Balaban J connectivity index is 1.45. The Hall–Kier alpha value is -1.09. The van der Waals surface area contributed by atoms with Gasteiger partial charge in [0.2, 0.25) is 0 Å². The molecule has 3 heteroatoms. The predicted molar refractivity (Wildman–Crippen MR) is 88.6 cm³/mol. The number of piperidine rings is 1. The van der Waals surface area contributed by atoms with E-state index in [0.29, 0.717) is 12.1 Å². The van der Waals surface area contributed by atoms with E-state index in [1.54, 1.807) is 0 Å². The van der Waals surface area contributed by atoms with E-state index in [1.807, 2.05) is 12.4 Å². The summed E-state index contributed by atoms with van der Waals surface area (Å²) in [6.45, 7) is 4.74. The lowest BCUT2D eigenvalue weighted by atomic mass is 9.84. The molecule has 1 atom stereocenters. The van der Waals surface area contributed by atoms with Crippen LogP contribution < -0.4 is 10.2 Å². The van der Waals surface area contributed by atoms with Crippen molar-refractivity contribution in [2.45, 2.75) is 64.0 Å². The lowest BCUT2D eigenvalue weighted by molar-refractivity contribution is 0.251. The van der Waals surface area contributed by atoms with E-state index in [-0.39, 0.29) is 0 Å². The van der Waals surface area contributed by atoms with Gasteiger partial charge in [-0.3, -0.25) is 4.98 Å². The number of rotatable bonds is 4. The van der Waals surface area contributed by atoms with Crippen molar-refractivity contribution in [2.24, 2.45) is 5.92 Å². The first kappa shape index (κ1) is 14.8. The van der Waals surface area contributed by atoms with Gasteiger partial charge in [0.05, 0.1) is 0 Å². The standard InChI is InChI=1S/C18H29N3/c1-15(16-5-3-2-4-6-16)20-17-9-13-21(14-10-17)18-7-11-19-12-8-18/h7-8,11-12,15-17,20H,2-6,9-10,13-14H2,1H3. The summed E-state index contributed by atoms with van der Waals surface area (Å²) in [5.74, 6) is 0.914. The maximum Gasteiger partial charge on any atom is 0.0397 e. The molecular formula is C18H29N3. The smallest absolute Gasteiger partial charge is 0.0397 e. The highest BCUT2D eigenvalue weighted by Crippen LogP contribution is 2.27. The Bertz CT molecular complexity index is 406. The van der Waals surface area contributed by atoms with Gasteiger partial charge in [-0.05, 0) is 50.7 Å². The fraction of sp³-hybridized carbons (Fsp3) is 0.722. The number of pyridine rings is 1. The molecule has 1 saturated heterocycles. The van der Waals surface area contributed by atoms with Crippen LogP contribution in [0.25, 0.3) is 0 Å². The zero-order valence-electron chi connectivity index (χ0n) is 13.3. The number of nitrogens with one attached hydrogen (secondary N) is 1. The van der Waals surface area contributed by atoms with Crippen LogP contribution in [0, 0.1) is 5.92 Å². The van der Waals surface area contributed by atoms with E-state index < -0.39 is 0 Å². The van der Waals surface area contributed by atoms with Crippen molar-refractivity contribution in [2.75, 3.05) is 18.0 Å². The summed E-state index contributed by atoms with van der Waals surface area (Å²) in [7, 11) is 0. The van der Waals surface area contributed by atoms with Gasteiger partial charge in [-0.15, -0.1) is 0 Å². The van der Waals surface area contributed by atoms with E-state index in [0.717, 1.165) is 5.92 Å². The molecule has 3 nitrogen and oxygen atoms in total. The van der Waals surface area contributed by atoms with Gasteiger partial charge in [0.25, 0.3) is 0 Å². The van der Waals surface area contributed by atoms with Crippen LogP contribution in [0.4, 0.5) is 5.69 Å². The monoisotopic (exact) mass is 287 g/mol. The molecule has 2 fully saturated rings. The third-order valence-corrected chi connectivity index (χ3v) is 5.38. The van der Waals surface area contributed by atoms with Crippen molar-refractivity contribution >= 4 is 5.69 Å². The molecule has 0 aromatic carbocycles. The molecule has 1 aromatic rings. The molecule has 2 heterocycles. The second-order valence-corrected chi connectivity index (χ2v) is 6.82. The van der Waals surface area contributed by atoms with Gasteiger partial charge in [0.1, 0.15) is 0 Å². The van der Waals surface area contributed by atoms with E-state index in [1.165, 1.54) is 63.7 Å². The largest absolute Gasteiger partial charge is 0.371 e. The number of nitrogens with zero attached hydrogens (tertiary/aromatic N) is 2. The van der Waals surface area contributed by atoms with Crippen LogP contribution >= 0.6 is 0 Å². The highest BCUT2D eigenvalue weighted by molar-refractivity contribution is 5.44. The van der Waals surface area contributed by atoms with Gasteiger partial charge in [-0.2, -0.15) is 0 Å². The SMILES string of the molecule is CC(NC1CCN(c2ccncc2)CC1)C1CCCCC1. The van der Waals surface area contributed by atoms with Crippen LogP contribution in [-0.2, 0) is 0 Å². The molecule has 116 valence electrons. The fourth-order valence-corrected chi connectivity index (χ4v) is 4.00. The van der Waals surface area contributed by atoms with E-state index in [4.69, 9.17) is 0 Å². The van der Waals surface area contributed by atoms with Crippen molar-refractivity contribution in [3.63, 3.8) is 0 Å². The summed E-state index contributed by atoms with van der Waals surface area (Å²) in [4.78, 5) is 6.60. The lowest BCUT2D eigenvalue weighted by Crippen LogP contribution is -2.47. The van der Waals surface area contributed by atoms with Crippen LogP contribution in [0.3, 0.4) is 0 Å². The van der Waals surface area contributed by atoms with Gasteiger partial charge in [-0.1, -0.05) is 19.3 Å². The molecule has 3 rings (SSSR count). The van der Waals surface area contributed by atoms with Gasteiger partial charge in [-0.25, -0.2) is 0 Å². The second kappa shape index (κ2) is 7.26. The highest BCUT2D eigenvalue weighted by Gasteiger charge is 2.25. The first-order valence-electron chi connectivity index (χ1n) is 8.74. The van der Waals surface area contributed by atoms with E-state index in [2.05, 4.69) is 34.3 Å². The zero-order chi connectivity index (χ0) is 14.5. The number of hydrogen-bond acceptors (Lipinski definition) is 3. The van der Waals surface area contributed by atoms with E-state index in [9.17, 15) is 0 Å². The minimum absolute atomic E-state index is 0.697. The molecule has 1 aliphatic carbocycles. The molecule has 0 radical (unpaired) electrons. The Morgan fingerprint density at radius 1 is 1.05 bits per heavy atom. The number of hydrogen-bond donors (Lipinski definition) is 1. The average Bonchev–Trinajstić information content (AvgIpc) is 2.57. The van der Waals surface area contributed by atoms with Crippen molar-refractivity contribution in [1.29, 1.82) is 0 Å². The zero-order valence-corrected chi connectivity index (χ0v) is 13.3. The minimum Gasteiger partial charge on any atom is -0.371 e. The summed E-state index contributed by atoms with van der Waals surface area (Å²) in [6.07, 6.45) is 13.5. The topological polar surface area (TPSA) is 28.2 Å². The minimum atomic E-state index is 0.697. The Morgan fingerprint density at radius 3 is 2.38 bits per heavy atom. The first-order chi connectivity index (χ1) is 10.3. The van der Waals surface area contributed by atoms with Crippen LogP contribution in [-0.4, -0.2) is 30.2 Å². The fourth-order valence-electron chi connectivity index (χ4n) is 4.00. The third kappa shape index (κ3) is 3.97. The summed E-state index contributed by atoms with van der Waals surface area (Å²) in [5.41, 5.74) is 1.32. The summed E-state index contributed by atoms with van der Waals surface area (Å²) >= 11 is 0. The number of aromatic nitrogens is 1. The molecule has 21 heavy (non-hydrogen) atoms. The van der Waals surface area contributed by atoms with Gasteiger partial charge in [0.15, 0.2) is 0 Å². The van der Waals surface area contributed by atoms with E-state index >= 15 is 0 Å². The summed E-state index contributed by atoms with van der Waals surface area (Å²) < 4.78 is 0. The van der Waals surface area contributed by atoms with Gasteiger partial charge < -0.3 is 10.2 Å². The molecule has 1 saturated carbocycles. The molecule has 1 aliphatic heterocycles. The van der Waals surface area contributed by atoms with Crippen molar-refractivity contribution in [1.82, 2.24) is 10.3 Å². The van der Waals surface area contributed by atoms with Crippen LogP contribution in [0.5, 0.6) is 0 Å². The van der Waals surface area contributed by atoms with Crippen LogP contribution in [0.1, 0.15) is 51.9 Å². The predicted octanol–water partition coefficient (Wildman–Crippen LogP) is 3.61. The van der Waals surface area contributed by atoms with Crippen molar-refractivity contribution in [3.8, 4) is 0 Å². The molecule has 1 N–H and O–H groups in total. The molecule has 1 unspecified atom stereocenters. The maximum absolute atomic E-state index is 4.11. The molecule has 2 aliphatic rings. The second-order valence-electron chi connectivity index (χ2n) is 6.82. The average molecular weight is 287 g/mol. The highest BCUT2D eigenvalue weighted by atomic mass is 15.1. The Morgan fingerprint density at radius 2 is 1.71 bits per heavy atom. The Kier molecular flexibility index (Phi) is 5.13. The van der Waals surface area contributed by atoms with Crippen LogP contribution in [0.15, 0.2) is 24.5 Å². The third-order valence-electron chi connectivity index (χ3n) is 5.38.